The normalized spacial score (nSPS) is 24.5. The highest BCUT2D eigenvalue weighted by molar-refractivity contribution is 6.22. The van der Waals surface area contributed by atoms with E-state index in [0.29, 0.717) is 5.69 Å². The van der Waals surface area contributed by atoms with Gasteiger partial charge in [0.05, 0.1) is 18.2 Å². The maximum atomic E-state index is 12.9. The Balaban J connectivity index is 1.84. The maximum absolute atomic E-state index is 12.9. The average molecular weight is 262 g/mol. The van der Waals surface area contributed by atoms with Gasteiger partial charge in [-0.15, -0.1) is 0 Å². The summed E-state index contributed by atoms with van der Waals surface area (Å²) >= 11 is 0. The lowest BCUT2D eigenvalue weighted by Gasteiger charge is -2.21. The molecule has 2 heterocycles. The highest BCUT2D eigenvalue weighted by Gasteiger charge is 2.43. The lowest BCUT2D eigenvalue weighted by Crippen LogP contribution is -2.40. The quantitative estimate of drug-likeness (QED) is 0.759. The molecule has 1 aromatic carbocycles. The Hall–Kier alpha value is -1.75. The van der Waals surface area contributed by atoms with Gasteiger partial charge in [0.2, 0.25) is 5.91 Å². The van der Waals surface area contributed by atoms with Crippen molar-refractivity contribution in [1.29, 1.82) is 0 Å². The average Bonchev–Trinajstić information content (AvgIpc) is 3.00. The SMILES string of the molecule is O=C1C[C@H](N2CCCC2)C(=O)N1c1ccc(F)cc1. The van der Waals surface area contributed by atoms with Crippen LogP contribution in [0.3, 0.4) is 0 Å². The number of amides is 2. The molecule has 5 heteroatoms. The number of hydrogen-bond acceptors (Lipinski definition) is 3. The van der Waals surface area contributed by atoms with E-state index >= 15 is 0 Å². The highest BCUT2D eigenvalue weighted by Crippen LogP contribution is 2.27. The van der Waals surface area contributed by atoms with Crippen LogP contribution in [0.15, 0.2) is 24.3 Å². The first-order valence-corrected chi connectivity index (χ1v) is 6.53. The first-order chi connectivity index (χ1) is 9.16. The molecular weight excluding hydrogens is 247 g/mol. The van der Waals surface area contributed by atoms with Crippen LogP contribution < -0.4 is 4.90 Å². The van der Waals surface area contributed by atoms with Gasteiger partial charge >= 0.3 is 0 Å². The van der Waals surface area contributed by atoms with Crippen LogP contribution in [0.1, 0.15) is 19.3 Å². The summed E-state index contributed by atoms with van der Waals surface area (Å²) in [6.45, 7) is 1.75. The van der Waals surface area contributed by atoms with Crippen LogP contribution in [-0.4, -0.2) is 35.8 Å². The zero-order chi connectivity index (χ0) is 13.4. The van der Waals surface area contributed by atoms with Gasteiger partial charge in [-0.25, -0.2) is 9.29 Å². The minimum Gasteiger partial charge on any atom is -0.292 e. The van der Waals surface area contributed by atoms with Gasteiger partial charge in [-0.05, 0) is 50.2 Å². The summed E-state index contributed by atoms with van der Waals surface area (Å²) in [4.78, 5) is 27.6. The smallest absolute Gasteiger partial charge is 0.251 e. The van der Waals surface area contributed by atoms with Crippen molar-refractivity contribution < 1.29 is 14.0 Å². The van der Waals surface area contributed by atoms with Gasteiger partial charge in [-0.1, -0.05) is 0 Å². The largest absolute Gasteiger partial charge is 0.292 e. The van der Waals surface area contributed by atoms with Gasteiger partial charge in [0.15, 0.2) is 0 Å². The molecule has 2 aliphatic heterocycles. The fourth-order valence-electron chi connectivity index (χ4n) is 2.82. The van der Waals surface area contributed by atoms with E-state index in [9.17, 15) is 14.0 Å². The number of benzene rings is 1. The summed E-state index contributed by atoms with van der Waals surface area (Å²) in [6.07, 6.45) is 2.39. The predicted octanol–water partition coefficient (Wildman–Crippen LogP) is 1.55. The van der Waals surface area contributed by atoms with E-state index in [1.54, 1.807) is 0 Å². The summed E-state index contributed by atoms with van der Waals surface area (Å²) in [6, 6.07) is 5.13. The third-order valence-corrected chi connectivity index (χ3v) is 3.79. The lowest BCUT2D eigenvalue weighted by molar-refractivity contribution is -0.122. The Morgan fingerprint density at radius 2 is 1.68 bits per heavy atom. The molecule has 1 aromatic rings. The number of carbonyl (C=O) groups is 2. The summed E-state index contributed by atoms with van der Waals surface area (Å²) in [7, 11) is 0. The molecule has 0 spiro atoms. The molecule has 0 aliphatic carbocycles. The fourth-order valence-corrected chi connectivity index (χ4v) is 2.82. The van der Waals surface area contributed by atoms with Gasteiger partial charge in [-0.3, -0.25) is 14.5 Å². The molecule has 0 unspecified atom stereocenters. The Morgan fingerprint density at radius 1 is 1.05 bits per heavy atom. The number of carbonyl (C=O) groups excluding carboxylic acids is 2. The molecule has 0 bridgehead atoms. The summed E-state index contributed by atoms with van der Waals surface area (Å²) < 4.78 is 12.9. The van der Waals surface area contributed by atoms with E-state index in [4.69, 9.17) is 0 Å². The molecule has 2 aliphatic rings. The number of likely N-dealkylation sites (tertiary alicyclic amines) is 1. The number of rotatable bonds is 2. The van der Waals surface area contributed by atoms with Crippen LogP contribution in [0.4, 0.5) is 10.1 Å². The van der Waals surface area contributed by atoms with Crippen molar-refractivity contribution >= 4 is 17.5 Å². The zero-order valence-corrected chi connectivity index (χ0v) is 10.5. The lowest BCUT2D eigenvalue weighted by atomic mass is 10.2. The Bertz CT molecular complexity index is 509. The molecule has 2 amide bonds. The molecule has 100 valence electrons. The third kappa shape index (κ3) is 2.14. The van der Waals surface area contributed by atoms with Crippen LogP contribution in [0.25, 0.3) is 0 Å². The Labute approximate surface area is 110 Å². The van der Waals surface area contributed by atoms with Crippen LogP contribution in [0.5, 0.6) is 0 Å². The zero-order valence-electron chi connectivity index (χ0n) is 10.5. The number of hydrogen-bond donors (Lipinski definition) is 0. The van der Waals surface area contributed by atoms with Gasteiger partial charge in [0.1, 0.15) is 5.82 Å². The molecule has 4 nitrogen and oxygen atoms in total. The van der Waals surface area contributed by atoms with Crippen LogP contribution in [0, 0.1) is 5.82 Å². The monoisotopic (exact) mass is 262 g/mol. The van der Waals surface area contributed by atoms with Crippen molar-refractivity contribution in [3.63, 3.8) is 0 Å². The molecule has 0 N–H and O–H groups in total. The number of anilines is 1. The second-order valence-corrected chi connectivity index (χ2v) is 5.01. The molecule has 2 fully saturated rings. The fraction of sp³-hybridized carbons (Fsp3) is 0.429. The minimum atomic E-state index is -0.376. The van der Waals surface area contributed by atoms with Gasteiger partial charge in [0, 0.05) is 0 Å². The molecular formula is C14H15FN2O2. The number of nitrogens with zero attached hydrogens (tertiary/aromatic N) is 2. The van der Waals surface area contributed by atoms with E-state index in [-0.39, 0.29) is 30.1 Å². The summed E-state index contributed by atoms with van der Waals surface area (Å²) in [5.74, 6) is -0.758. The maximum Gasteiger partial charge on any atom is 0.251 e. The molecule has 3 rings (SSSR count). The summed E-state index contributed by atoms with van der Waals surface area (Å²) in [5.41, 5.74) is 0.457. The van der Waals surface area contributed by atoms with Crippen LogP contribution >= 0.6 is 0 Å². The predicted molar refractivity (Wildman–Crippen MR) is 68.1 cm³/mol. The van der Waals surface area contributed by atoms with Crippen molar-refractivity contribution in [3.05, 3.63) is 30.1 Å². The third-order valence-electron chi connectivity index (χ3n) is 3.79. The second-order valence-electron chi connectivity index (χ2n) is 5.01. The standard InChI is InChI=1S/C14H15FN2O2/c15-10-3-5-11(6-4-10)17-13(18)9-12(14(17)19)16-7-1-2-8-16/h3-6,12H,1-2,7-9H2/t12-/m0/s1. The first kappa shape index (κ1) is 12.3. The van der Waals surface area contributed by atoms with Gasteiger partial charge < -0.3 is 0 Å². The van der Waals surface area contributed by atoms with Crippen molar-refractivity contribution in [2.45, 2.75) is 25.3 Å². The van der Waals surface area contributed by atoms with E-state index in [1.807, 2.05) is 0 Å². The Morgan fingerprint density at radius 3 is 2.32 bits per heavy atom. The highest BCUT2D eigenvalue weighted by atomic mass is 19.1. The van der Waals surface area contributed by atoms with Crippen molar-refractivity contribution in [2.75, 3.05) is 18.0 Å². The molecule has 0 saturated carbocycles. The van der Waals surface area contributed by atoms with E-state index in [2.05, 4.69) is 4.90 Å². The molecule has 19 heavy (non-hydrogen) atoms. The van der Waals surface area contributed by atoms with E-state index in [1.165, 1.54) is 29.2 Å². The molecule has 1 atom stereocenters. The van der Waals surface area contributed by atoms with Gasteiger partial charge in [0.25, 0.3) is 5.91 Å². The van der Waals surface area contributed by atoms with E-state index < -0.39 is 0 Å². The van der Waals surface area contributed by atoms with E-state index in [0.717, 1.165) is 25.9 Å². The van der Waals surface area contributed by atoms with Crippen LogP contribution in [0.2, 0.25) is 0 Å². The van der Waals surface area contributed by atoms with Crippen molar-refractivity contribution in [1.82, 2.24) is 4.90 Å². The van der Waals surface area contributed by atoms with Crippen LogP contribution in [-0.2, 0) is 9.59 Å². The topological polar surface area (TPSA) is 40.6 Å². The van der Waals surface area contributed by atoms with Gasteiger partial charge in [-0.2, -0.15) is 0 Å². The Kier molecular flexibility index (Phi) is 3.06. The molecule has 2 saturated heterocycles. The van der Waals surface area contributed by atoms with Crippen molar-refractivity contribution in [3.8, 4) is 0 Å². The minimum absolute atomic E-state index is 0.182. The van der Waals surface area contributed by atoms with Crippen molar-refractivity contribution in [2.24, 2.45) is 0 Å². The molecule has 0 radical (unpaired) electrons. The number of halogens is 1. The number of imide groups is 1. The summed E-state index contributed by atoms with van der Waals surface area (Å²) in [5, 5.41) is 0. The molecule has 0 aromatic heterocycles. The second kappa shape index (κ2) is 4.74. The first-order valence-electron chi connectivity index (χ1n) is 6.53.